The van der Waals surface area contributed by atoms with E-state index in [0.717, 1.165) is 6.92 Å². The Kier molecular flexibility index (Phi) is 4.27. The van der Waals surface area contributed by atoms with E-state index in [-0.39, 0.29) is 17.5 Å². The van der Waals surface area contributed by atoms with Gasteiger partial charge in [-0.3, -0.25) is 9.59 Å². The van der Waals surface area contributed by atoms with Crippen LogP contribution in [0.5, 0.6) is 0 Å². The van der Waals surface area contributed by atoms with Gasteiger partial charge in [0.1, 0.15) is 6.02 Å². The van der Waals surface area contributed by atoms with Gasteiger partial charge >= 0.3 is 11.9 Å². The number of carboxylic acid groups (broad SMARTS) is 2. The molecule has 0 aliphatic heterocycles. The van der Waals surface area contributed by atoms with Crippen molar-refractivity contribution in [1.82, 2.24) is 5.31 Å². The molecule has 0 rings (SSSR count). The second-order valence-electron chi connectivity index (χ2n) is 2.45. The topological polar surface area (TPSA) is 104 Å². The minimum absolute atomic E-state index is 0.0802. The highest BCUT2D eigenvalue weighted by molar-refractivity contribution is 7.99. The summed E-state index contributed by atoms with van der Waals surface area (Å²) < 4.78 is 22.3. The maximum Gasteiger partial charge on any atom is 0.327 e. The summed E-state index contributed by atoms with van der Waals surface area (Å²) in [6.45, 7) is 0.911. The molecule has 0 heterocycles. The third-order valence-electron chi connectivity index (χ3n) is 1.13. The minimum Gasteiger partial charge on any atom is -0.481 e. The highest BCUT2D eigenvalue weighted by atomic mass is 32.2. The van der Waals surface area contributed by atoms with Crippen molar-refractivity contribution in [2.75, 3.05) is 11.5 Å². The van der Waals surface area contributed by atoms with Crippen LogP contribution >= 0.6 is 11.8 Å². The summed E-state index contributed by atoms with van der Waals surface area (Å²) >= 11 is 0.589. The zero-order valence-electron chi connectivity index (χ0n) is 11.0. The average Bonchev–Trinajstić information content (AvgIpc) is 2.25. The van der Waals surface area contributed by atoms with Gasteiger partial charge in [-0.25, -0.2) is 4.79 Å². The van der Waals surface area contributed by atoms with Crippen LogP contribution in [0.1, 0.15) is 16.1 Å². The molecule has 0 fully saturated rings. The Balaban J connectivity index is 4.83. The molecule has 0 radical (unpaired) electrons. The predicted molar refractivity (Wildman–Crippen MR) is 54.8 cm³/mol. The first kappa shape index (κ1) is 9.02. The van der Waals surface area contributed by atoms with Crippen molar-refractivity contribution < 1.29 is 28.8 Å². The maximum absolute atomic E-state index is 11.0. The lowest BCUT2D eigenvalue weighted by atomic mass is 10.3. The number of carboxylic acids is 2. The van der Waals surface area contributed by atoms with Crippen LogP contribution in [0, 0.1) is 0 Å². The highest BCUT2D eigenvalue weighted by Gasteiger charge is 2.17. The first-order valence-corrected chi connectivity index (χ1v) is 4.97. The van der Waals surface area contributed by atoms with Crippen molar-refractivity contribution in [1.29, 1.82) is 0 Å². The van der Waals surface area contributed by atoms with Gasteiger partial charge in [-0.1, -0.05) is 0 Å². The molecule has 3 N–H and O–H groups in total. The molecule has 0 aliphatic rings. The normalized spacial score (nSPS) is 18.9. The number of hydrogen-bond acceptors (Lipinski definition) is 4. The van der Waals surface area contributed by atoms with E-state index < -0.39 is 29.6 Å². The monoisotopic (exact) mass is 238 g/mol. The number of thioether (sulfide) groups is 1. The maximum atomic E-state index is 11.0. The molecule has 0 spiro atoms. The molecule has 6 nitrogen and oxygen atoms in total. The average molecular weight is 238 g/mol. The number of hydrogen-bond donors (Lipinski definition) is 3. The number of aliphatic carboxylic acids is 2. The summed E-state index contributed by atoms with van der Waals surface area (Å²) in [7, 11) is 0. The van der Waals surface area contributed by atoms with Gasteiger partial charge < -0.3 is 15.5 Å². The van der Waals surface area contributed by atoms with Crippen LogP contribution in [0.3, 0.4) is 0 Å². The summed E-state index contributed by atoms with van der Waals surface area (Å²) in [6, 6.07) is -2.77. The van der Waals surface area contributed by atoms with E-state index in [0.29, 0.717) is 11.8 Å². The Bertz CT molecular complexity index is 356. The summed E-state index contributed by atoms with van der Waals surface area (Å²) in [5.74, 6) is -3.99. The van der Waals surface area contributed by atoms with E-state index in [4.69, 9.17) is 14.4 Å². The Labute approximate surface area is 95.3 Å². The first-order valence-electron chi connectivity index (χ1n) is 5.45. The summed E-state index contributed by atoms with van der Waals surface area (Å²) in [6.07, 6.45) is -0.298. The van der Waals surface area contributed by atoms with Crippen LogP contribution in [0.4, 0.5) is 0 Å². The quantitative estimate of drug-likeness (QED) is 0.566. The van der Waals surface area contributed by atoms with Crippen LogP contribution < -0.4 is 5.31 Å². The number of rotatable bonds is 7. The molecular weight excluding hydrogens is 222 g/mol. The zero-order valence-corrected chi connectivity index (χ0v) is 8.78. The molecule has 0 aliphatic carbocycles. The molecule has 0 aromatic rings. The number of amides is 1. The van der Waals surface area contributed by atoms with E-state index in [9.17, 15) is 14.4 Å². The Morgan fingerprint density at radius 3 is 2.60 bits per heavy atom. The molecule has 0 saturated heterocycles. The van der Waals surface area contributed by atoms with Crippen LogP contribution in [0.25, 0.3) is 0 Å². The zero-order chi connectivity index (χ0) is 14.5. The second kappa shape index (κ2) is 7.10. The lowest BCUT2D eigenvalue weighted by Gasteiger charge is -2.11. The first-order chi connectivity index (χ1) is 8.13. The van der Waals surface area contributed by atoms with Crippen molar-refractivity contribution in [2.45, 2.75) is 19.4 Å². The molecule has 0 saturated carbocycles. The highest BCUT2D eigenvalue weighted by Crippen LogP contribution is 2.05. The summed E-state index contributed by atoms with van der Waals surface area (Å²) in [5, 5.41) is 17.2. The number of carbonyl (C=O) groups excluding carboxylic acids is 1. The number of carbonyl (C=O) groups is 3. The Morgan fingerprint density at radius 2 is 2.20 bits per heavy atom. The summed E-state index contributed by atoms with van der Waals surface area (Å²) in [5.41, 5.74) is -1.68. The third-order valence-corrected chi connectivity index (χ3v) is 1.96. The Morgan fingerprint density at radius 1 is 1.60 bits per heavy atom. The molecule has 0 aromatic heterocycles. The molecular formula is C8H13NO5S. The number of nitrogens with one attached hydrogen (secondary N) is 1. The standard InChI is InChI=1S/C8H13NO5S/c1-5(10)9-6(8(13)14)4-15-3-2-7(11)12/h6H,2-4H2,1H3,(H,9,10)(H,11,12)(H,13,14)/t6-/m0/s1/i4D,6D/hD/t4?,6-. The van der Waals surface area contributed by atoms with Crippen LogP contribution in [-0.4, -0.2) is 45.6 Å². The lowest BCUT2D eigenvalue weighted by molar-refractivity contribution is -0.140. The molecule has 0 bridgehead atoms. The third kappa shape index (κ3) is 7.80. The van der Waals surface area contributed by atoms with E-state index >= 15 is 0 Å². The van der Waals surface area contributed by atoms with E-state index in [1.54, 1.807) is 0 Å². The molecule has 0 aromatic carbocycles. The van der Waals surface area contributed by atoms with Crippen LogP contribution in [-0.2, 0) is 14.4 Å². The van der Waals surface area contributed by atoms with Crippen LogP contribution in [0.15, 0.2) is 0 Å². The van der Waals surface area contributed by atoms with Gasteiger partial charge in [-0.15, -0.1) is 0 Å². The molecule has 86 valence electrons. The summed E-state index contributed by atoms with van der Waals surface area (Å²) in [4.78, 5) is 32.2. The van der Waals surface area contributed by atoms with Crippen LogP contribution in [0.2, 0.25) is 1.41 Å². The predicted octanol–water partition coefficient (Wildman–Crippen LogP) is -0.216. The largest absolute Gasteiger partial charge is 0.481 e. The van der Waals surface area contributed by atoms with Crippen molar-refractivity contribution in [3.8, 4) is 0 Å². The van der Waals surface area contributed by atoms with E-state index in [2.05, 4.69) is 0 Å². The van der Waals surface area contributed by atoms with Gasteiger partial charge in [-0.05, 0) is 0 Å². The van der Waals surface area contributed by atoms with Gasteiger partial charge in [0.2, 0.25) is 5.91 Å². The Hall–Kier alpha value is -1.24. The fraction of sp³-hybridized carbons (Fsp3) is 0.625. The van der Waals surface area contributed by atoms with Crippen molar-refractivity contribution in [3.05, 3.63) is 0 Å². The van der Waals surface area contributed by atoms with Crippen molar-refractivity contribution in [3.63, 3.8) is 0 Å². The molecule has 15 heavy (non-hydrogen) atoms. The smallest absolute Gasteiger partial charge is 0.327 e. The van der Waals surface area contributed by atoms with Gasteiger partial charge in [-0.2, -0.15) is 11.8 Å². The molecule has 7 heteroatoms. The van der Waals surface area contributed by atoms with Gasteiger partial charge in [0.05, 0.1) is 7.79 Å². The van der Waals surface area contributed by atoms with Crippen molar-refractivity contribution >= 4 is 29.6 Å². The van der Waals surface area contributed by atoms with Gasteiger partial charge in [0, 0.05) is 19.8 Å². The van der Waals surface area contributed by atoms with Crippen molar-refractivity contribution in [2.24, 2.45) is 0 Å². The minimum atomic E-state index is -2.77. The molecule has 2 atom stereocenters. The lowest BCUT2D eigenvalue weighted by Crippen LogP contribution is -2.41. The molecule has 1 unspecified atom stereocenters. The second-order valence-corrected chi connectivity index (χ2v) is 3.43. The SMILES string of the molecule is [2H]C(SCCC(=O)O)[C@@]([2H])(C(=O)O)N([2H])C(C)=O. The van der Waals surface area contributed by atoms with Gasteiger partial charge in [0.25, 0.3) is 0 Å². The fourth-order valence-electron chi connectivity index (χ4n) is 0.578. The van der Waals surface area contributed by atoms with Gasteiger partial charge in [0.15, 0.2) is 1.41 Å². The van der Waals surface area contributed by atoms with E-state index in [1.165, 1.54) is 0 Å². The van der Waals surface area contributed by atoms with E-state index in [1.807, 2.05) is 0 Å². The fourth-order valence-corrected chi connectivity index (χ4v) is 1.30. The molecule has 1 amide bonds.